The van der Waals surface area contributed by atoms with Crippen LogP contribution in [0.4, 0.5) is 26.0 Å². The van der Waals surface area contributed by atoms with Crippen molar-refractivity contribution in [1.29, 1.82) is 0 Å². The maximum atomic E-state index is 13.3. The molecule has 3 N–H and O–H groups in total. The van der Waals surface area contributed by atoms with Gasteiger partial charge in [-0.3, -0.25) is 9.59 Å². The average molecular weight is 440 g/mol. The molecule has 150 valence electrons. The van der Waals surface area contributed by atoms with Crippen molar-refractivity contribution in [3.05, 3.63) is 53.6 Å². The number of anilines is 3. The van der Waals surface area contributed by atoms with Crippen molar-refractivity contribution in [3.8, 4) is 0 Å². The molecular formula is C18H13Cl2F2N5O2. The summed E-state index contributed by atoms with van der Waals surface area (Å²) in [5.41, 5.74) is -0.733. The summed E-state index contributed by atoms with van der Waals surface area (Å²) in [6, 6.07) is 9.00. The Bertz CT molecular complexity index is 1080. The van der Waals surface area contributed by atoms with Crippen molar-refractivity contribution in [1.82, 2.24) is 15.3 Å². The Morgan fingerprint density at radius 3 is 2.59 bits per heavy atom. The lowest BCUT2D eigenvalue weighted by atomic mass is 10.2. The first kappa shape index (κ1) is 20.7. The second kappa shape index (κ2) is 8.97. The molecule has 11 heteroatoms. The summed E-state index contributed by atoms with van der Waals surface area (Å²) in [4.78, 5) is 31.3. The van der Waals surface area contributed by atoms with Crippen molar-refractivity contribution >= 4 is 63.1 Å². The van der Waals surface area contributed by atoms with E-state index in [1.807, 2.05) is 0 Å². The Morgan fingerprint density at radius 2 is 1.86 bits per heavy atom. The van der Waals surface area contributed by atoms with Gasteiger partial charge in [0.15, 0.2) is 0 Å². The van der Waals surface area contributed by atoms with Crippen molar-refractivity contribution in [2.45, 2.75) is 5.63 Å². The van der Waals surface area contributed by atoms with Crippen LogP contribution in [-0.2, 0) is 9.59 Å². The molecule has 0 spiro atoms. The quantitative estimate of drug-likeness (QED) is 0.508. The van der Waals surface area contributed by atoms with Crippen molar-refractivity contribution in [2.24, 2.45) is 0 Å². The Morgan fingerprint density at radius 1 is 1.10 bits per heavy atom. The summed E-state index contributed by atoms with van der Waals surface area (Å²) in [5.74, 6) is -1.82. The number of amides is 2. The first-order valence-corrected chi connectivity index (χ1v) is 8.97. The average Bonchev–Trinajstić information content (AvgIpc) is 2.69. The Kier molecular flexibility index (Phi) is 6.40. The molecule has 0 bridgehead atoms. The van der Waals surface area contributed by atoms with Gasteiger partial charge in [-0.1, -0.05) is 23.2 Å². The molecule has 1 unspecified atom stereocenters. The van der Waals surface area contributed by atoms with Crippen molar-refractivity contribution < 1.29 is 18.4 Å². The highest BCUT2D eigenvalue weighted by atomic mass is 35.5. The third-order valence-corrected chi connectivity index (χ3v) is 4.21. The Hall–Kier alpha value is -3.04. The van der Waals surface area contributed by atoms with Gasteiger partial charge in [-0.15, -0.1) is 0 Å². The van der Waals surface area contributed by atoms with Gasteiger partial charge in [-0.05, 0) is 36.4 Å². The number of hydrogen-bond donors (Lipinski definition) is 3. The summed E-state index contributed by atoms with van der Waals surface area (Å²) in [6.45, 7) is -0.450. The SMILES string of the molecule is O=C(CNC(=O)C(F)Cl)Nc1ccc2ncnc(Nc3ccc(F)c(Cl)c3)c2c1. The van der Waals surface area contributed by atoms with Gasteiger partial charge in [0.1, 0.15) is 18.0 Å². The van der Waals surface area contributed by atoms with Crippen molar-refractivity contribution in [2.75, 3.05) is 17.2 Å². The molecule has 3 aromatic rings. The normalized spacial score (nSPS) is 11.7. The minimum Gasteiger partial charge on any atom is -0.343 e. The number of nitrogens with one attached hydrogen (secondary N) is 3. The van der Waals surface area contributed by atoms with E-state index >= 15 is 0 Å². The van der Waals surface area contributed by atoms with Gasteiger partial charge in [0.05, 0.1) is 17.1 Å². The predicted molar refractivity (Wildman–Crippen MR) is 107 cm³/mol. The van der Waals surface area contributed by atoms with E-state index in [9.17, 15) is 18.4 Å². The van der Waals surface area contributed by atoms with E-state index in [1.165, 1.54) is 24.5 Å². The lowest BCUT2D eigenvalue weighted by molar-refractivity contribution is -0.125. The molecule has 0 saturated heterocycles. The van der Waals surface area contributed by atoms with E-state index in [1.54, 1.807) is 18.2 Å². The van der Waals surface area contributed by atoms with Crippen LogP contribution in [0.2, 0.25) is 5.02 Å². The number of hydrogen-bond acceptors (Lipinski definition) is 5. The molecule has 0 aliphatic heterocycles. The number of fused-ring (bicyclic) bond motifs is 1. The summed E-state index contributed by atoms with van der Waals surface area (Å²) < 4.78 is 25.9. The van der Waals surface area contributed by atoms with Gasteiger partial charge in [0.25, 0.3) is 11.5 Å². The van der Waals surface area contributed by atoms with E-state index in [0.717, 1.165) is 0 Å². The highest BCUT2D eigenvalue weighted by Crippen LogP contribution is 2.27. The maximum Gasteiger partial charge on any atom is 0.270 e. The lowest BCUT2D eigenvalue weighted by Crippen LogP contribution is -2.36. The molecular weight excluding hydrogens is 427 g/mol. The highest BCUT2D eigenvalue weighted by molar-refractivity contribution is 6.31. The molecule has 0 aliphatic carbocycles. The smallest absolute Gasteiger partial charge is 0.270 e. The van der Waals surface area contributed by atoms with Gasteiger partial charge < -0.3 is 16.0 Å². The fourth-order valence-corrected chi connectivity index (χ4v) is 2.65. The maximum absolute atomic E-state index is 13.3. The molecule has 1 heterocycles. The molecule has 0 fully saturated rings. The van der Waals surface area contributed by atoms with Crippen LogP contribution >= 0.6 is 23.2 Å². The molecule has 0 radical (unpaired) electrons. The second-order valence-electron chi connectivity index (χ2n) is 5.77. The number of benzene rings is 2. The number of nitrogens with zero attached hydrogens (tertiary/aromatic N) is 2. The van der Waals surface area contributed by atoms with Crippen LogP contribution in [0.5, 0.6) is 0 Å². The van der Waals surface area contributed by atoms with Crippen LogP contribution in [0.1, 0.15) is 0 Å². The van der Waals surface area contributed by atoms with E-state index in [2.05, 4.69) is 25.9 Å². The summed E-state index contributed by atoms with van der Waals surface area (Å²) in [5, 5.41) is 8.16. The van der Waals surface area contributed by atoms with Crippen LogP contribution in [0.15, 0.2) is 42.7 Å². The minimum absolute atomic E-state index is 0.0455. The fourth-order valence-electron chi connectivity index (χ4n) is 2.39. The number of carbonyl (C=O) groups is 2. The number of alkyl halides is 2. The van der Waals surface area contributed by atoms with Crippen LogP contribution in [0.25, 0.3) is 10.9 Å². The largest absolute Gasteiger partial charge is 0.343 e. The molecule has 1 aromatic heterocycles. The minimum atomic E-state index is -2.23. The monoisotopic (exact) mass is 439 g/mol. The topological polar surface area (TPSA) is 96.0 Å². The Labute approximate surface area is 173 Å². The first-order chi connectivity index (χ1) is 13.8. The third-order valence-electron chi connectivity index (χ3n) is 3.72. The second-order valence-corrected chi connectivity index (χ2v) is 6.57. The molecule has 7 nitrogen and oxygen atoms in total. The predicted octanol–water partition coefficient (Wildman–Crippen LogP) is 3.76. The molecule has 0 aliphatic rings. The standard InChI is InChI=1S/C18H13Cl2F2N5O2/c19-12-6-10(1-3-13(12)21)27-17-11-5-9(2-4-14(11)24-8-25-17)26-15(28)7-23-18(29)16(20)22/h1-6,8,16H,7H2,(H,23,29)(H,26,28)(H,24,25,27). The van der Waals surface area contributed by atoms with Crippen LogP contribution in [-0.4, -0.2) is 34.0 Å². The van der Waals surface area contributed by atoms with Gasteiger partial charge in [-0.25, -0.2) is 18.7 Å². The molecule has 3 rings (SSSR count). The third kappa shape index (κ3) is 5.27. The zero-order chi connectivity index (χ0) is 21.0. The van der Waals surface area contributed by atoms with Gasteiger partial charge in [-0.2, -0.15) is 0 Å². The van der Waals surface area contributed by atoms with Gasteiger partial charge in [0, 0.05) is 16.8 Å². The molecule has 0 saturated carbocycles. The summed E-state index contributed by atoms with van der Waals surface area (Å²) in [7, 11) is 0. The van der Waals surface area contributed by atoms with E-state index in [4.69, 9.17) is 23.2 Å². The van der Waals surface area contributed by atoms with Crippen molar-refractivity contribution in [3.63, 3.8) is 0 Å². The number of aromatic nitrogens is 2. The van der Waals surface area contributed by atoms with Gasteiger partial charge in [0.2, 0.25) is 5.91 Å². The van der Waals surface area contributed by atoms with Crippen LogP contribution < -0.4 is 16.0 Å². The molecule has 29 heavy (non-hydrogen) atoms. The zero-order valence-corrected chi connectivity index (χ0v) is 16.1. The van der Waals surface area contributed by atoms with E-state index in [-0.39, 0.29) is 5.02 Å². The molecule has 1 atom stereocenters. The number of halogens is 4. The molecule has 2 aromatic carbocycles. The first-order valence-electron chi connectivity index (χ1n) is 8.16. The lowest BCUT2D eigenvalue weighted by Gasteiger charge is -2.11. The summed E-state index contributed by atoms with van der Waals surface area (Å²) >= 11 is 10.8. The molecule has 2 amide bonds. The van der Waals surface area contributed by atoms with Crippen LogP contribution in [0.3, 0.4) is 0 Å². The summed E-state index contributed by atoms with van der Waals surface area (Å²) in [6.07, 6.45) is 1.35. The van der Waals surface area contributed by atoms with Gasteiger partial charge >= 0.3 is 0 Å². The number of carbonyl (C=O) groups excluding carboxylic acids is 2. The van der Waals surface area contributed by atoms with E-state index < -0.39 is 29.8 Å². The Balaban J connectivity index is 1.79. The highest BCUT2D eigenvalue weighted by Gasteiger charge is 2.14. The van der Waals surface area contributed by atoms with Crippen LogP contribution in [0, 0.1) is 5.82 Å². The fraction of sp³-hybridized carbons (Fsp3) is 0.111. The zero-order valence-electron chi connectivity index (χ0n) is 14.5. The number of rotatable bonds is 6. The van der Waals surface area contributed by atoms with E-state index in [0.29, 0.717) is 28.1 Å².